The van der Waals surface area contributed by atoms with Gasteiger partial charge in [-0.2, -0.15) is 0 Å². The first-order valence-corrected chi connectivity index (χ1v) is 9.23. The Morgan fingerprint density at radius 1 is 1.04 bits per heavy atom. The average molecular weight is 365 g/mol. The smallest absolute Gasteiger partial charge is 0.265 e. The van der Waals surface area contributed by atoms with Crippen LogP contribution in [0.5, 0.6) is 5.75 Å². The van der Waals surface area contributed by atoms with Crippen LogP contribution in [0.3, 0.4) is 0 Å². The Hall–Kier alpha value is -2.92. The molecule has 0 bridgehead atoms. The molecular formula is C21H19NO3S. The van der Waals surface area contributed by atoms with Crippen molar-refractivity contribution in [2.24, 2.45) is 0 Å². The number of ether oxygens (including phenoxy) is 1. The zero-order valence-corrected chi connectivity index (χ0v) is 15.2. The molecule has 0 saturated heterocycles. The van der Waals surface area contributed by atoms with E-state index in [9.17, 15) is 9.59 Å². The quantitative estimate of drug-likeness (QED) is 0.611. The minimum Gasteiger partial charge on any atom is -0.485 e. The summed E-state index contributed by atoms with van der Waals surface area (Å²) in [5, 5.41) is 4.68. The van der Waals surface area contributed by atoms with Crippen LogP contribution in [-0.2, 0) is 6.42 Å². The van der Waals surface area contributed by atoms with Crippen molar-refractivity contribution in [3.63, 3.8) is 0 Å². The zero-order chi connectivity index (χ0) is 18.4. The molecule has 0 spiro atoms. The number of carbonyl (C=O) groups is 2. The van der Waals surface area contributed by atoms with Crippen LogP contribution in [0.2, 0.25) is 0 Å². The minimum absolute atomic E-state index is 0.0478. The highest BCUT2D eigenvalue weighted by Gasteiger charge is 2.09. The van der Waals surface area contributed by atoms with E-state index in [-0.39, 0.29) is 18.3 Å². The number of hydrogen-bond donors (Lipinski definition) is 1. The molecule has 1 amide bonds. The normalized spacial score (nSPS) is 10.3. The third kappa shape index (κ3) is 4.58. The first kappa shape index (κ1) is 17.9. The van der Waals surface area contributed by atoms with Gasteiger partial charge >= 0.3 is 0 Å². The van der Waals surface area contributed by atoms with Gasteiger partial charge in [-0.3, -0.25) is 9.59 Å². The molecule has 0 aliphatic heterocycles. The molecule has 1 heterocycles. The van der Waals surface area contributed by atoms with Crippen LogP contribution in [0, 0.1) is 0 Å². The molecule has 26 heavy (non-hydrogen) atoms. The lowest BCUT2D eigenvalue weighted by Crippen LogP contribution is -2.12. The van der Waals surface area contributed by atoms with Crippen molar-refractivity contribution in [3.8, 4) is 5.75 Å². The summed E-state index contributed by atoms with van der Waals surface area (Å²) in [6.45, 7) is 2.03. The van der Waals surface area contributed by atoms with Crippen molar-refractivity contribution in [2.75, 3.05) is 11.9 Å². The van der Waals surface area contributed by atoms with E-state index in [0.29, 0.717) is 21.9 Å². The summed E-state index contributed by atoms with van der Waals surface area (Å²) in [6, 6.07) is 18.2. The minimum atomic E-state index is -0.163. The highest BCUT2D eigenvalue weighted by Crippen LogP contribution is 2.19. The van der Waals surface area contributed by atoms with Crippen LogP contribution in [0.4, 0.5) is 5.69 Å². The summed E-state index contributed by atoms with van der Waals surface area (Å²) < 4.78 is 5.59. The van der Waals surface area contributed by atoms with Crippen molar-refractivity contribution in [2.45, 2.75) is 13.3 Å². The fourth-order valence-corrected chi connectivity index (χ4v) is 3.04. The number of anilines is 1. The number of carbonyl (C=O) groups excluding carboxylic acids is 2. The lowest BCUT2D eigenvalue weighted by molar-refractivity contribution is 0.0920. The Bertz CT molecular complexity index is 886. The summed E-state index contributed by atoms with van der Waals surface area (Å²) in [7, 11) is 0. The van der Waals surface area contributed by atoms with Crippen molar-refractivity contribution >= 4 is 28.7 Å². The van der Waals surface area contributed by atoms with Gasteiger partial charge in [-0.05, 0) is 35.6 Å². The van der Waals surface area contributed by atoms with Gasteiger partial charge in [0, 0.05) is 17.3 Å². The van der Waals surface area contributed by atoms with Gasteiger partial charge in [0.2, 0.25) is 0 Å². The number of hydrogen-bond acceptors (Lipinski definition) is 4. The van der Waals surface area contributed by atoms with E-state index in [0.717, 1.165) is 6.42 Å². The number of amides is 1. The molecule has 3 rings (SSSR count). The molecule has 2 aromatic carbocycles. The molecule has 0 radical (unpaired) electrons. The van der Waals surface area contributed by atoms with E-state index >= 15 is 0 Å². The molecule has 0 fully saturated rings. The highest BCUT2D eigenvalue weighted by atomic mass is 32.1. The number of Topliss-reactive ketones (excluding diaryl/α,β-unsaturated/α-hetero) is 1. The van der Waals surface area contributed by atoms with Crippen molar-refractivity contribution in [1.29, 1.82) is 0 Å². The standard InChI is InChI=1S/C21H19NO3S/c1-2-15-8-10-16(11-9-15)19(23)14-25-18-6-3-5-17(13-18)22-21(24)20-7-4-12-26-20/h3-13H,2,14H2,1H3,(H,22,24). The molecule has 1 N–H and O–H groups in total. The van der Waals surface area contributed by atoms with Gasteiger partial charge in [-0.15, -0.1) is 11.3 Å². The third-order valence-electron chi connectivity index (χ3n) is 3.89. The fourth-order valence-electron chi connectivity index (χ4n) is 2.42. The predicted octanol–water partition coefficient (Wildman–Crippen LogP) is 4.82. The van der Waals surface area contributed by atoms with Gasteiger partial charge in [0.15, 0.2) is 12.4 Å². The topological polar surface area (TPSA) is 55.4 Å². The Morgan fingerprint density at radius 3 is 2.54 bits per heavy atom. The lowest BCUT2D eigenvalue weighted by Gasteiger charge is -2.09. The number of rotatable bonds is 7. The van der Waals surface area contributed by atoms with Crippen molar-refractivity contribution in [3.05, 3.63) is 82.0 Å². The summed E-state index contributed by atoms with van der Waals surface area (Å²) >= 11 is 1.38. The molecule has 0 saturated carbocycles. The van der Waals surface area contributed by atoms with E-state index in [4.69, 9.17) is 4.74 Å². The molecule has 132 valence electrons. The van der Waals surface area contributed by atoms with Crippen LogP contribution in [0.25, 0.3) is 0 Å². The fraction of sp³-hybridized carbons (Fsp3) is 0.143. The third-order valence-corrected chi connectivity index (χ3v) is 4.76. The number of ketones is 1. The Morgan fingerprint density at radius 2 is 1.85 bits per heavy atom. The van der Waals surface area contributed by atoms with Crippen LogP contribution in [0.1, 0.15) is 32.5 Å². The maximum absolute atomic E-state index is 12.2. The predicted molar refractivity (Wildman–Crippen MR) is 104 cm³/mol. The van der Waals surface area contributed by atoms with Crippen LogP contribution in [0.15, 0.2) is 66.0 Å². The number of nitrogens with one attached hydrogen (secondary N) is 1. The first-order valence-electron chi connectivity index (χ1n) is 8.35. The largest absolute Gasteiger partial charge is 0.485 e. The van der Waals surface area contributed by atoms with Crippen molar-refractivity contribution < 1.29 is 14.3 Å². The van der Waals surface area contributed by atoms with Crippen molar-refractivity contribution in [1.82, 2.24) is 0 Å². The SMILES string of the molecule is CCc1ccc(C(=O)COc2cccc(NC(=O)c3cccs3)c2)cc1. The Balaban J connectivity index is 1.59. The number of thiophene rings is 1. The lowest BCUT2D eigenvalue weighted by atomic mass is 10.1. The molecule has 1 aromatic heterocycles. The summed E-state index contributed by atoms with van der Waals surface area (Å²) in [5.41, 5.74) is 2.45. The Kier molecular flexibility index (Phi) is 5.81. The van der Waals surface area contributed by atoms with E-state index in [1.165, 1.54) is 16.9 Å². The molecule has 0 atom stereocenters. The van der Waals surface area contributed by atoms with Crippen LogP contribution < -0.4 is 10.1 Å². The highest BCUT2D eigenvalue weighted by molar-refractivity contribution is 7.12. The summed E-state index contributed by atoms with van der Waals surface area (Å²) in [6.07, 6.45) is 0.939. The van der Waals surface area contributed by atoms with Gasteiger partial charge in [-0.25, -0.2) is 0 Å². The van der Waals surface area contributed by atoms with E-state index < -0.39 is 0 Å². The molecule has 0 aliphatic rings. The van der Waals surface area contributed by atoms with Crippen LogP contribution >= 0.6 is 11.3 Å². The van der Waals surface area contributed by atoms with Gasteiger partial charge in [0.25, 0.3) is 5.91 Å². The zero-order valence-electron chi connectivity index (χ0n) is 14.4. The summed E-state index contributed by atoms with van der Waals surface area (Å²) in [5.74, 6) is 0.289. The molecule has 0 unspecified atom stereocenters. The monoisotopic (exact) mass is 365 g/mol. The maximum Gasteiger partial charge on any atom is 0.265 e. The first-order chi connectivity index (χ1) is 12.7. The van der Waals surface area contributed by atoms with E-state index in [1.807, 2.05) is 35.7 Å². The van der Waals surface area contributed by atoms with Gasteiger partial charge < -0.3 is 10.1 Å². The van der Waals surface area contributed by atoms with Gasteiger partial charge in [-0.1, -0.05) is 43.3 Å². The molecule has 4 nitrogen and oxygen atoms in total. The maximum atomic E-state index is 12.2. The molecule has 3 aromatic rings. The molecular weight excluding hydrogens is 346 g/mol. The number of benzene rings is 2. The molecule has 0 aliphatic carbocycles. The second kappa shape index (κ2) is 8.45. The van der Waals surface area contributed by atoms with E-state index in [1.54, 1.807) is 30.3 Å². The van der Waals surface area contributed by atoms with E-state index in [2.05, 4.69) is 12.2 Å². The van der Waals surface area contributed by atoms with Crippen LogP contribution in [-0.4, -0.2) is 18.3 Å². The second-order valence-corrected chi connectivity index (χ2v) is 6.67. The molecule has 5 heteroatoms. The second-order valence-electron chi connectivity index (χ2n) is 5.72. The average Bonchev–Trinajstić information content (AvgIpc) is 3.21. The van der Waals surface area contributed by atoms with Gasteiger partial charge in [0.1, 0.15) is 5.75 Å². The van der Waals surface area contributed by atoms with Gasteiger partial charge in [0.05, 0.1) is 4.88 Å². The Labute approximate surface area is 156 Å². The number of aryl methyl sites for hydroxylation is 1. The summed E-state index contributed by atoms with van der Waals surface area (Å²) in [4.78, 5) is 25.0.